The first kappa shape index (κ1) is 20.1. The number of aromatic nitrogens is 3. The number of benzene rings is 1. The Morgan fingerprint density at radius 3 is 2.68 bits per heavy atom. The first-order valence-corrected chi connectivity index (χ1v) is 9.00. The summed E-state index contributed by atoms with van der Waals surface area (Å²) in [5, 5.41) is 6.90. The smallest absolute Gasteiger partial charge is 0.334 e. The standard InChI is InChI=1S/C18H23F3N6O/c1-13(14-3-5-16(6-4-14)27-12-22-11-23-27)25(2)17(28)24-15-7-8-26(9-15)10-18(19,20)21/h3-6,11-13,15H,7-10H2,1-2H3,(H,24,28). The quantitative estimate of drug-likeness (QED) is 0.844. The zero-order chi connectivity index (χ0) is 20.3. The molecule has 2 amide bonds. The van der Waals surface area contributed by atoms with Gasteiger partial charge >= 0.3 is 12.2 Å². The van der Waals surface area contributed by atoms with Crippen LogP contribution in [0.4, 0.5) is 18.0 Å². The van der Waals surface area contributed by atoms with E-state index in [0.717, 1.165) is 11.3 Å². The predicted molar refractivity (Wildman–Crippen MR) is 97.0 cm³/mol. The van der Waals surface area contributed by atoms with Crippen LogP contribution in [0.15, 0.2) is 36.9 Å². The van der Waals surface area contributed by atoms with Gasteiger partial charge in [-0.25, -0.2) is 14.5 Å². The van der Waals surface area contributed by atoms with Crippen molar-refractivity contribution in [3.8, 4) is 5.69 Å². The molecule has 1 aliphatic heterocycles. The average molecular weight is 396 g/mol. The number of carbonyl (C=O) groups excluding carboxylic acids is 1. The Morgan fingerprint density at radius 2 is 2.07 bits per heavy atom. The van der Waals surface area contributed by atoms with Crippen molar-refractivity contribution in [2.75, 3.05) is 26.7 Å². The number of hydrogen-bond acceptors (Lipinski definition) is 4. The SMILES string of the molecule is CC(c1ccc(-n2cncn2)cc1)N(C)C(=O)NC1CCN(CC(F)(F)F)C1. The largest absolute Gasteiger partial charge is 0.401 e. The van der Waals surface area contributed by atoms with Gasteiger partial charge in [-0.1, -0.05) is 12.1 Å². The zero-order valence-electron chi connectivity index (χ0n) is 15.7. The van der Waals surface area contributed by atoms with Crippen LogP contribution in [-0.2, 0) is 0 Å². The van der Waals surface area contributed by atoms with Crippen molar-refractivity contribution >= 4 is 6.03 Å². The normalized spacial score (nSPS) is 18.8. The first-order chi connectivity index (χ1) is 13.2. The van der Waals surface area contributed by atoms with Gasteiger partial charge < -0.3 is 10.2 Å². The number of amides is 2. The van der Waals surface area contributed by atoms with Crippen molar-refractivity contribution in [1.29, 1.82) is 0 Å². The summed E-state index contributed by atoms with van der Waals surface area (Å²) in [5.74, 6) is 0. The Balaban J connectivity index is 1.54. The highest BCUT2D eigenvalue weighted by atomic mass is 19.4. The van der Waals surface area contributed by atoms with Crippen molar-refractivity contribution in [3.05, 3.63) is 42.5 Å². The number of nitrogens with zero attached hydrogens (tertiary/aromatic N) is 5. The molecule has 0 aliphatic carbocycles. The molecule has 2 heterocycles. The van der Waals surface area contributed by atoms with E-state index in [-0.39, 0.29) is 24.7 Å². The Morgan fingerprint density at radius 1 is 1.36 bits per heavy atom. The predicted octanol–water partition coefficient (Wildman–Crippen LogP) is 2.61. The lowest BCUT2D eigenvalue weighted by Gasteiger charge is -2.27. The molecule has 1 saturated heterocycles. The fourth-order valence-corrected chi connectivity index (χ4v) is 3.27. The van der Waals surface area contributed by atoms with Crippen LogP contribution < -0.4 is 5.32 Å². The number of carbonyl (C=O) groups is 1. The minimum atomic E-state index is -4.22. The molecule has 3 rings (SSSR count). The maximum Gasteiger partial charge on any atom is 0.401 e. The molecule has 1 aromatic carbocycles. The molecule has 2 unspecified atom stereocenters. The molecular weight excluding hydrogens is 373 g/mol. The first-order valence-electron chi connectivity index (χ1n) is 9.00. The summed E-state index contributed by atoms with van der Waals surface area (Å²) in [4.78, 5) is 19.3. The van der Waals surface area contributed by atoms with Crippen molar-refractivity contribution in [3.63, 3.8) is 0 Å². The summed E-state index contributed by atoms with van der Waals surface area (Å²) in [6.45, 7) is 1.49. The van der Waals surface area contributed by atoms with E-state index in [4.69, 9.17) is 0 Å². The molecule has 28 heavy (non-hydrogen) atoms. The summed E-state index contributed by atoms with van der Waals surface area (Å²) in [5.41, 5.74) is 1.79. The van der Waals surface area contributed by atoms with Gasteiger partial charge in [0.05, 0.1) is 18.3 Å². The summed E-state index contributed by atoms with van der Waals surface area (Å²) in [6, 6.07) is 6.82. The summed E-state index contributed by atoms with van der Waals surface area (Å²) in [7, 11) is 1.67. The van der Waals surface area contributed by atoms with E-state index in [1.54, 1.807) is 23.0 Å². The van der Waals surface area contributed by atoms with Crippen LogP contribution in [-0.4, -0.2) is 69.5 Å². The van der Waals surface area contributed by atoms with Gasteiger partial charge in [0.25, 0.3) is 0 Å². The van der Waals surface area contributed by atoms with Crippen LogP contribution in [0.25, 0.3) is 5.69 Å². The maximum atomic E-state index is 12.5. The van der Waals surface area contributed by atoms with Crippen LogP contribution in [0.2, 0.25) is 0 Å². The summed E-state index contributed by atoms with van der Waals surface area (Å²) >= 11 is 0. The van der Waals surface area contributed by atoms with Gasteiger partial charge in [0.2, 0.25) is 0 Å². The van der Waals surface area contributed by atoms with E-state index in [1.165, 1.54) is 11.2 Å². The monoisotopic (exact) mass is 396 g/mol. The molecule has 1 aromatic heterocycles. The van der Waals surface area contributed by atoms with Crippen molar-refractivity contribution in [1.82, 2.24) is 29.9 Å². The van der Waals surface area contributed by atoms with E-state index >= 15 is 0 Å². The Bertz CT molecular complexity index is 778. The minimum absolute atomic E-state index is 0.197. The van der Waals surface area contributed by atoms with Crippen LogP contribution in [0.3, 0.4) is 0 Å². The molecule has 0 saturated carbocycles. The number of urea groups is 1. The lowest BCUT2D eigenvalue weighted by atomic mass is 10.1. The molecule has 0 radical (unpaired) electrons. The van der Waals surface area contributed by atoms with Gasteiger partial charge in [-0.15, -0.1) is 0 Å². The van der Waals surface area contributed by atoms with Gasteiger partial charge in [-0.2, -0.15) is 18.3 Å². The number of nitrogens with one attached hydrogen (secondary N) is 1. The number of halogens is 3. The highest BCUT2D eigenvalue weighted by Crippen LogP contribution is 2.22. The molecule has 0 bridgehead atoms. The molecular formula is C18H23F3N6O. The molecule has 2 aromatic rings. The highest BCUT2D eigenvalue weighted by molar-refractivity contribution is 5.74. The number of rotatable bonds is 5. The fourth-order valence-electron chi connectivity index (χ4n) is 3.27. The van der Waals surface area contributed by atoms with Gasteiger partial charge in [0.1, 0.15) is 12.7 Å². The van der Waals surface area contributed by atoms with E-state index < -0.39 is 12.7 Å². The fraction of sp³-hybridized carbons (Fsp3) is 0.500. The summed E-state index contributed by atoms with van der Waals surface area (Å²) in [6.07, 6.45) is -0.658. The van der Waals surface area contributed by atoms with Crippen LogP contribution >= 0.6 is 0 Å². The number of hydrogen-bond donors (Lipinski definition) is 1. The third-order valence-corrected chi connectivity index (χ3v) is 4.96. The van der Waals surface area contributed by atoms with Gasteiger partial charge in [0.15, 0.2) is 0 Å². The van der Waals surface area contributed by atoms with Crippen LogP contribution in [0.5, 0.6) is 0 Å². The molecule has 2 atom stereocenters. The molecule has 1 aliphatic rings. The Hall–Kier alpha value is -2.62. The third kappa shape index (κ3) is 5.00. The van der Waals surface area contributed by atoms with Crippen LogP contribution in [0, 0.1) is 0 Å². The molecule has 1 fully saturated rings. The Labute approximate surface area is 161 Å². The second-order valence-corrected chi connectivity index (χ2v) is 7.00. The molecule has 10 heteroatoms. The van der Waals surface area contributed by atoms with Crippen molar-refractivity contribution < 1.29 is 18.0 Å². The molecule has 1 N–H and O–H groups in total. The van der Waals surface area contributed by atoms with Gasteiger partial charge in [0, 0.05) is 26.2 Å². The lowest BCUT2D eigenvalue weighted by molar-refractivity contribution is -0.143. The topological polar surface area (TPSA) is 66.3 Å². The Kier molecular flexibility index (Phi) is 5.87. The van der Waals surface area contributed by atoms with E-state index in [9.17, 15) is 18.0 Å². The zero-order valence-corrected chi connectivity index (χ0v) is 15.7. The van der Waals surface area contributed by atoms with Crippen molar-refractivity contribution in [2.45, 2.75) is 31.6 Å². The molecule has 152 valence electrons. The minimum Gasteiger partial charge on any atom is -0.334 e. The van der Waals surface area contributed by atoms with Gasteiger partial charge in [-0.05, 0) is 31.0 Å². The van der Waals surface area contributed by atoms with E-state index in [0.29, 0.717) is 13.0 Å². The lowest BCUT2D eigenvalue weighted by Crippen LogP contribution is -2.45. The maximum absolute atomic E-state index is 12.5. The second kappa shape index (κ2) is 8.17. The summed E-state index contributed by atoms with van der Waals surface area (Å²) < 4.78 is 39.1. The van der Waals surface area contributed by atoms with Crippen LogP contribution in [0.1, 0.15) is 24.9 Å². The van der Waals surface area contributed by atoms with E-state index in [1.807, 2.05) is 31.2 Å². The highest BCUT2D eigenvalue weighted by Gasteiger charge is 2.35. The van der Waals surface area contributed by atoms with E-state index in [2.05, 4.69) is 15.4 Å². The average Bonchev–Trinajstić information content (AvgIpc) is 3.31. The molecule has 7 nitrogen and oxygen atoms in total. The number of alkyl halides is 3. The molecule has 0 spiro atoms. The van der Waals surface area contributed by atoms with Crippen molar-refractivity contribution in [2.24, 2.45) is 0 Å². The number of likely N-dealkylation sites (tertiary alicyclic amines) is 1. The third-order valence-electron chi connectivity index (χ3n) is 4.96. The second-order valence-electron chi connectivity index (χ2n) is 7.00. The van der Waals surface area contributed by atoms with Gasteiger partial charge in [-0.3, -0.25) is 4.90 Å².